The van der Waals surface area contributed by atoms with Crippen LogP contribution in [0.5, 0.6) is 0 Å². The molecule has 0 unspecified atom stereocenters. The van der Waals surface area contributed by atoms with Gasteiger partial charge in [0.05, 0.1) is 28.8 Å². The number of hydrogen-bond acceptors (Lipinski definition) is 3. The second-order valence-corrected chi connectivity index (χ2v) is 7.35. The van der Waals surface area contributed by atoms with E-state index in [1.807, 2.05) is 29.2 Å². The first kappa shape index (κ1) is 15.3. The van der Waals surface area contributed by atoms with E-state index < -0.39 is 0 Å². The maximum Gasteiger partial charge on any atom is 0.228 e. The summed E-state index contributed by atoms with van der Waals surface area (Å²) >= 11 is 6.20. The third-order valence-corrected chi connectivity index (χ3v) is 5.79. The number of amides is 1. The van der Waals surface area contributed by atoms with Gasteiger partial charge in [0.25, 0.3) is 0 Å². The highest BCUT2D eigenvalue weighted by Gasteiger charge is 2.46. The van der Waals surface area contributed by atoms with E-state index in [-0.39, 0.29) is 12.0 Å². The molecule has 3 heterocycles. The Morgan fingerprint density at radius 3 is 2.61 bits per heavy atom. The van der Waals surface area contributed by atoms with Gasteiger partial charge in [-0.3, -0.25) is 4.79 Å². The number of likely N-dealkylation sites (tertiary alicyclic amines) is 1. The SMILES string of the molecule is O=C([C@H]1C[C@H]2CC[C@H]1O2)N1CCC(Nc2ccccc2Cl)CC1. The Morgan fingerprint density at radius 2 is 1.96 bits per heavy atom. The number of para-hydroxylation sites is 1. The monoisotopic (exact) mass is 334 g/mol. The molecule has 2 bridgehead atoms. The normalized spacial score (nSPS) is 30.7. The smallest absolute Gasteiger partial charge is 0.228 e. The molecule has 3 fully saturated rings. The standard InChI is InChI=1S/C18H23ClN2O2/c19-15-3-1-2-4-16(15)20-12-7-9-21(10-8-12)18(22)14-11-13-5-6-17(14)23-13/h1-4,12-14,17,20H,5-11H2/t13-,14+,17-/m1/s1. The van der Waals surface area contributed by atoms with E-state index in [4.69, 9.17) is 16.3 Å². The predicted molar refractivity (Wildman–Crippen MR) is 90.7 cm³/mol. The molecule has 4 rings (SSSR count). The molecule has 23 heavy (non-hydrogen) atoms. The summed E-state index contributed by atoms with van der Waals surface area (Å²) in [5.74, 6) is 0.426. The van der Waals surface area contributed by atoms with Crippen molar-refractivity contribution in [2.24, 2.45) is 5.92 Å². The quantitative estimate of drug-likeness (QED) is 0.922. The van der Waals surface area contributed by atoms with E-state index in [1.165, 1.54) is 0 Å². The van der Waals surface area contributed by atoms with Gasteiger partial charge in [-0.1, -0.05) is 23.7 Å². The molecule has 3 atom stereocenters. The highest BCUT2D eigenvalue weighted by Crippen LogP contribution is 2.40. The van der Waals surface area contributed by atoms with Crippen molar-refractivity contribution in [3.8, 4) is 0 Å². The fourth-order valence-electron chi connectivity index (χ4n) is 4.17. The molecule has 3 aliphatic heterocycles. The number of anilines is 1. The lowest BCUT2D eigenvalue weighted by atomic mass is 9.87. The van der Waals surface area contributed by atoms with Crippen molar-refractivity contribution in [1.29, 1.82) is 0 Å². The Hall–Kier alpha value is -1.26. The summed E-state index contributed by atoms with van der Waals surface area (Å²) in [6, 6.07) is 8.22. The number of carbonyl (C=O) groups is 1. The second-order valence-electron chi connectivity index (χ2n) is 6.94. The minimum absolute atomic E-state index is 0.113. The van der Waals surface area contributed by atoms with Gasteiger partial charge in [-0.15, -0.1) is 0 Å². The molecule has 0 radical (unpaired) electrons. The number of carbonyl (C=O) groups excluding carboxylic acids is 1. The first-order valence-corrected chi connectivity index (χ1v) is 9.04. The van der Waals surface area contributed by atoms with E-state index in [0.29, 0.717) is 18.1 Å². The summed E-state index contributed by atoms with van der Waals surface area (Å²) in [7, 11) is 0. The van der Waals surface area contributed by atoms with Crippen LogP contribution in [0, 0.1) is 5.92 Å². The van der Waals surface area contributed by atoms with Crippen LogP contribution in [0.25, 0.3) is 0 Å². The van der Waals surface area contributed by atoms with Gasteiger partial charge in [0.15, 0.2) is 0 Å². The van der Waals surface area contributed by atoms with Crippen LogP contribution in [0.2, 0.25) is 5.02 Å². The van der Waals surface area contributed by atoms with Gasteiger partial charge in [0.1, 0.15) is 0 Å². The van der Waals surface area contributed by atoms with Crippen molar-refractivity contribution < 1.29 is 9.53 Å². The Balaban J connectivity index is 1.31. The van der Waals surface area contributed by atoms with Crippen molar-refractivity contribution in [2.45, 2.75) is 50.4 Å². The zero-order valence-electron chi connectivity index (χ0n) is 13.2. The van der Waals surface area contributed by atoms with Crippen LogP contribution in [-0.2, 0) is 9.53 Å². The lowest BCUT2D eigenvalue weighted by Crippen LogP contribution is -2.46. The number of nitrogens with one attached hydrogen (secondary N) is 1. The molecule has 0 aromatic heterocycles. The van der Waals surface area contributed by atoms with Crippen molar-refractivity contribution >= 4 is 23.2 Å². The minimum atomic E-state index is 0.113. The maximum atomic E-state index is 12.7. The van der Waals surface area contributed by atoms with E-state index in [1.54, 1.807) is 0 Å². The molecule has 0 saturated carbocycles. The summed E-state index contributed by atoms with van der Waals surface area (Å²) in [5, 5.41) is 4.27. The molecular weight excluding hydrogens is 312 g/mol. The molecular formula is C18H23ClN2O2. The highest BCUT2D eigenvalue weighted by atomic mass is 35.5. The van der Waals surface area contributed by atoms with Crippen LogP contribution in [-0.4, -0.2) is 42.1 Å². The van der Waals surface area contributed by atoms with Crippen molar-refractivity contribution in [2.75, 3.05) is 18.4 Å². The Morgan fingerprint density at radius 1 is 1.17 bits per heavy atom. The highest BCUT2D eigenvalue weighted by molar-refractivity contribution is 6.33. The largest absolute Gasteiger partial charge is 0.381 e. The summed E-state index contributed by atoms with van der Waals surface area (Å²) in [6.45, 7) is 1.66. The molecule has 5 heteroatoms. The maximum absolute atomic E-state index is 12.7. The van der Waals surface area contributed by atoms with Gasteiger partial charge in [-0.05, 0) is 44.2 Å². The second kappa shape index (κ2) is 6.33. The van der Waals surface area contributed by atoms with Crippen LogP contribution >= 0.6 is 11.6 Å². The predicted octanol–water partition coefficient (Wildman–Crippen LogP) is 3.31. The van der Waals surface area contributed by atoms with E-state index >= 15 is 0 Å². The fourth-order valence-corrected chi connectivity index (χ4v) is 4.36. The summed E-state index contributed by atoms with van der Waals surface area (Å²) < 4.78 is 5.84. The van der Waals surface area contributed by atoms with Crippen LogP contribution in [0.3, 0.4) is 0 Å². The summed E-state index contributed by atoms with van der Waals surface area (Å²) in [6.07, 6.45) is 5.60. The topological polar surface area (TPSA) is 41.6 Å². The molecule has 3 saturated heterocycles. The first-order valence-electron chi connectivity index (χ1n) is 8.66. The number of ether oxygens (including phenoxy) is 1. The first-order chi connectivity index (χ1) is 11.2. The Labute approximate surface area is 142 Å². The Bertz CT molecular complexity index is 586. The third kappa shape index (κ3) is 3.07. The van der Waals surface area contributed by atoms with Crippen LogP contribution in [0.15, 0.2) is 24.3 Å². The number of hydrogen-bond donors (Lipinski definition) is 1. The number of piperidine rings is 1. The minimum Gasteiger partial charge on any atom is -0.381 e. The molecule has 0 spiro atoms. The molecule has 124 valence electrons. The van der Waals surface area contributed by atoms with Gasteiger partial charge in [0.2, 0.25) is 5.91 Å². The van der Waals surface area contributed by atoms with Crippen molar-refractivity contribution in [3.05, 3.63) is 29.3 Å². The number of fused-ring (bicyclic) bond motifs is 2. The molecule has 1 amide bonds. The number of nitrogens with zero attached hydrogens (tertiary/aromatic N) is 1. The number of benzene rings is 1. The zero-order chi connectivity index (χ0) is 15.8. The summed E-state index contributed by atoms with van der Waals surface area (Å²) in [4.78, 5) is 14.8. The van der Waals surface area contributed by atoms with E-state index in [9.17, 15) is 4.79 Å². The van der Waals surface area contributed by atoms with Crippen LogP contribution in [0.4, 0.5) is 5.69 Å². The Kier molecular flexibility index (Phi) is 4.20. The fraction of sp³-hybridized carbons (Fsp3) is 0.611. The molecule has 3 aliphatic rings. The number of halogens is 1. The lowest BCUT2D eigenvalue weighted by molar-refractivity contribution is -0.138. The van der Waals surface area contributed by atoms with Gasteiger partial charge >= 0.3 is 0 Å². The van der Waals surface area contributed by atoms with Gasteiger partial charge in [0, 0.05) is 19.1 Å². The average Bonchev–Trinajstić information content (AvgIpc) is 3.20. The van der Waals surface area contributed by atoms with Crippen molar-refractivity contribution in [3.63, 3.8) is 0 Å². The number of rotatable bonds is 3. The van der Waals surface area contributed by atoms with Crippen LogP contribution in [0.1, 0.15) is 32.1 Å². The van der Waals surface area contributed by atoms with Crippen LogP contribution < -0.4 is 5.32 Å². The molecule has 0 aliphatic carbocycles. The van der Waals surface area contributed by atoms with Gasteiger partial charge in [-0.25, -0.2) is 0 Å². The molecule has 4 nitrogen and oxygen atoms in total. The molecule has 1 aromatic rings. The van der Waals surface area contributed by atoms with Crippen molar-refractivity contribution in [1.82, 2.24) is 4.90 Å². The third-order valence-electron chi connectivity index (χ3n) is 5.46. The van der Waals surface area contributed by atoms with E-state index in [2.05, 4.69) is 5.32 Å². The average molecular weight is 335 g/mol. The van der Waals surface area contributed by atoms with Gasteiger partial charge in [-0.2, -0.15) is 0 Å². The zero-order valence-corrected chi connectivity index (χ0v) is 14.0. The summed E-state index contributed by atoms with van der Waals surface area (Å²) in [5.41, 5.74) is 0.987. The molecule has 1 aromatic carbocycles. The van der Waals surface area contributed by atoms with E-state index in [0.717, 1.165) is 55.9 Å². The van der Waals surface area contributed by atoms with Gasteiger partial charge < -0.3 is 15.0 Å². The molecule has 1 N–H and O–H groups in total. The lowest BCUT2D eigenvalue weighted by Gasteiger charge is -2.35.